The Hall–Kier alpha value is -1.73. The van der Waals surface area contributed by atoms with Crippen LogP contribution in [0.25, 0.3) is 0 Å². The highest BCUT2D eigenvalue weighted by Gasteiger charge is 2.08. The van der Waals surface area contributed by atoms with Crippen LogP contribution in [0.5, 0.6) is 0 Å². The fraction of sp³-hybridized carbons (Fsp3) is 0.357. The molecule has 8 heteroatoms. The molecule has 0 unspecified atom stereocenters. The third kappa shape index (κ3) is 5.57. The minimum absolute atomic E-state index is 0.0913. The van der Waals surface area contributed by atoms with Gasteiger partial charge >= 0.3 is 0 Å². The molecule has 0 aliphatic heterocycles. The number of halogens is 2. The number of benzene rings is 1. The zero-order valence-electron chi connectivity index (χ0n) is 11.8. The normalized spacial score (nSPS) is 10.5. The molecule has 0 radical (unpaired) electrons. The van der Waals surface area contributed by atoms with E-state index in [9.17, 15) is 9.18 Å². The van der Waals surface area contributed by atoms with Gasteiger partial charge in [0.1, 0.15) is 5.82 Å². The van der Waals surface area contributed by atoms with Gasteiger partial charge in [-0.2, -0.15) is 0 Å². The molecule has 0 fully saturated rings. The highest BCUT2D eigenvalue weighted by atomic mass is 35.5. The van der Waals surface area contributed by atoms with Gasteiger partial charge in [-0.15, -0.1) is 21.8 Å². The van der Waals surface area contributed by atoms with Crippen molar-refractivity contribution in [1.82, 2.24) is 10.2 Å². The molecule has 0 atom stereocenters. The predicted octanol–water partition coefficient (Wildman–Crippen LogP) is 3.64. The van der Waals surface area contributed by atoms with E-state index >= 15 is 0 Å². The Labute approximate surface area is 136 Å². The van der Waals surface area contributed by atoms with Gasteiger partial charge in [0.2, 0.25) is 16.2 Å². The van der Waals surface area contributed by atoms with Crippen LogP contribution in [0, 0.1) is 5.82 Å². The highest BCUT2D eigenvalue weighted by Crippen LogP contribution is 2.21. The van der Waals surface area contributed by atoms with Gasteiger partial charge in [0.25, 0.3) is 0 Å². The van der Waals surface area contributed by atoms with E-state index in [0.29, 0.717) is 29.1 Å². The van der Waals surface area contributed by atoms with Crippen molar-refractivity contribution in [2.75, 3.05) is 16.5 Å². The molecule has 0 aliphatic carbocycles. The van der Waals surface area contributed by atoms with Crippen molar-refractivity contribution < 1.29 is 9.18 Å². The molecule has 0 saturated heterocycles. The first-order valence-electron chi connectivity index (χ1n) is 6.85. The number of hydrogen-bond acceptors (Lipinski definition) is 5. The van der Waals surface area contributed by atoms with Gasteiger partial charge in [0.15, 0.2) is 0 Å². The Morgan fingerprint density at radius 1 is 1.18 bits per heavy atom. The molecule has 0 spiro atoms. The number of rotatable bonds is 8. The highest BCUT2D eigenvalue weighted by molar-refractivity contribution is 7.19. The molecule has 5 nitrogen and oxygen atoms in total. The summed E-state index contributed by atoms with van der Waals surface area (Å²) in [4.78, 5) is 11.6. The number of amides is 1. The lowest BCUT2D eigenvalue weighted by Gasteiger charge is -2.02. The maximum atomic E-state index is 12.8. The zero-order valence-corrected chi connectivity index (χ0v) is 13.4. The molecule has 2 rings (SSSR count). The first-order chi connectivity index (χ1) is 10.7. The smallest absolute Gasteiger partial charge is 0.226 e. The first kappa shape index (κ1) is 16.6. The van der Waals surface area contributed by atoms with Crippen LogP contribution in [0.3, 0.4) is 0 Å². The molecular weight excluding hydrogens is 327 g/mol. The summed E-state index contributed by atoms with van der Waals surface area (Å²) in [6.07, 6.45) is 1.99. The number of carbonyl (C=O) groups excluding carboxylic acids is 1. The Kier molecular flexibility index (Phi) is 6.54. The largest absolute Gasteiger partial charge is 0.356 e. The van der Waals surface area contributed by atoms with Crippen LogP contribution >= 0.6 is 22.9 Å². The van der Waals surface area contributed by atoms with Crippen molar-refractivity contribution in [1.29, 1.82) is 0 Å². The summed E-state index contributed by atoms with van der Waals surface area (Å²) in [6, 6.07) is 6.21. The van der Waals surface area contributed by atoms with Gasteiger partial charge in [-0.3, -0.25) is 4.79 Å². The summed E-state index contributed by atoms with van der Waals surface area (Å²) in [7, 11) is 0. The van der Waals surface area contributed by atoms with Gasteiger partial charge in [-0.1, -0.05) is 23.5 Å². The number of carbonyl (C=O) groups is 1. The second-order valence-electron chi connectivity index (χ2n) is 4.59. The average Bonchev–Trinajstić information content (AvgIpc) is 2.94. The standard InChI is InChI=1S/C14H16ClFN4OS/c15-8-2-1-3-12(21)18-14-20-19-13(22-14)17-9-10-4-6-11(16)7-5-10/h4-7H,1-3,8-9H2,(H,17,19)(H,18,20,21). The first-order valence-corrected chi connectivity index (χ1v) is 8.20. The number of hydrogen-bond donors (Lipinski definition) is 2. The zero-order chi connectivity index (χ0) is 15.8. The van der Waals surface area contributed by atoms with Crippen LogP contribution in [0.2, 0.25) is 0 Å². The van der Waals surface area contributed by atoms with E-state index < -0.39 is 0 Å². The molecule has 2 N–H and O–H groups in total. The van der Waals surface area contributed by atoms with E-state index in [1.54, 1.807) is 12.1 Å². The van der Waals surface area contributed by atoms with E-state index in [0.717, 1.165) is 18.4 Å². The van der Waals surface area contributed by atoms with Gasteiger partial charge in [-0.25, -0.2) is 4.39 Å². The van der Waals surface area contributed by atoms with Crippen molar-refractivity contribution >= 4 is 39.1 Å². The SMILES string of the molecule is O=C(CCCCCl)Nc1nnc(NCc2ccc(F)cc2)s1. The van der Waals surface area contributed by atoms with Crippen molar-refractivity contribution in [3.63, 3.8) is 0 Å². The minimum atomic E-state index is -0.265. The maximum Gasteiger partial charge on any atom is 0.226 e. The van der Waals surface area contributed by atoms with E-state index in [-0.39, 0.29) is 11.7 Å². The third-order valence-corrected chi connectivity index (χ3v) is 3.88. The summed E-state index contributed by atoms with van der Waals surface area (Å²) in [5.74, 6) is 0.203. The van der Waals surface area contributed by atoms with Crippen molar-refractivity contribution in [2.45, 2.75) is 25.8 Å². The fourth-order valence-corrected chi connectivity index (χ4v) is 2.53. The van der Waals surface area contributed by atoms with Crippen LogP contribution in [-0.2, 0) is 11.3 Å². The molecule has 1 heterocycles. The summed E-state index contributed by atoms with van der Waals surface area (Å²) >= 11 is 6.82. The summed E-state index contributed by atoms with van der Waals surface area (Å²) in [5.41, 5.74) is 0.934. The third-order valence-electron chi connectivity index (χ3n) is 2.82. The summed E-state index contributed by atoms with van der Waals surface area (Å²) in [6.45, 7) is 0.512. The number of nitrogens with one attached hydrogen (secondary N) is 2. The minimum Gasteiger partial charge on any atom is -0.356 e. The molecule has 0 saturated carbocycles. The van der Waals surface area contributed by atoms with Gasteiger partial charge in [-0.05, 0) is 30.5 Å². The number of alkyl halides is 1. The average molecular weight is 343 g/mol. The molecule has 0 aliphatic rings. The molecule has 2 aromatic rings. The lowest BCUT2D eigenvalue weighted by Crippen LogP contribution is -2.10. The Morgan fingerprint density at radius 3 is 2.64 bits per heavy atom. The Bertz CT molecular complexity index is 605. The van der Waals surface area contributed by atoms with Gasteiger partial charge in [0, 0.05) is 18.8 Å². The van der Waals surface area contributed by atoms with Gasteiger partial charge < -0.3 is 10.6 Å². The lowest BCUT2D eigenvalue weighted by molar-refractivity contribution is -0.116. The predicted molar refractivity (Wildman–Crippen MR) is 86.8 cm³/mol. The van der Waals surface area contributed by atoms with E-state index in [1.165, 1.54) is 23.5 Å². The number of anilines is 2. The topological polar surface area (TPSA) is 66.9 Å². The second kappa shape index (κ2) is 8.65. The Balaban J connectivity index is 1.78. The van der Waals surface area contributed by atoms with Crippen LogP contribution in [-0.4, -0.2) is 22.0 Å². The number of aromatic nitrogens is 2. The monoisotopic (exact) mass is 342 g/mol. The van der Waals surface area contributed by atoms with Crippen LogP contribution < -0.4 is 10.6 Å². The fourth-order valence-electron chi connectivity index (χ4n) is 1.69. The molecule has 118 valence electrons. The van der Waals surface area contributed by atoms with Crippen LogP contribution in [0.4, 0.5) is 14.7 Å². The molecule has 1 aromatic carbocycles. The van der Waals surface area contributed by atoms with Crippen molar-refractivity contribution in [2.24, 2.45) is 0 Å². The molecule has 1 aromatic heterocycles. The number of unbranched alkanes of at least 4 members (excludes halogenated alkanes) is 1. The van der Waals surface area contributed by atoms with Crippen LogP contribution in [0.1, 0.15) is 24.8 Å². The summed E-state index contributed by atoms with van der Waals surface area (Å²) < 4.78 is 12.8. The van der Waals surface area contributed by atoms with Crippen molar-refractivity contribution in [3.05, 3.63) is 35.6 Å². The number of nitrogens with zero attached hydrogens (tertiary/aromatic N) is 2. The van der Waals surface area contributed by atoms with Crippen molar-refractivity contribution in [3.8, 4) is 0 Å². The quantitative estimate of drug-likeness (QED) is 0.568. The molecule has 22 heavy (non-hydrogen) atoms. The Morgan fingerprint density at radius 2 is 1.91 bits per heavy atom. The van der Waals surface area contributed by atoms with E-state index in [2.05, 4.69) is 20.8 Å². The second-order valence-corrected chi connectivity index (χ2v) is 5.94. The maximum absolute atomic E-state index is 12.8. The summed E-state index contributed by atoms with van der Waals surface area (Å²) in [5, 5.41) is 14.7. The van der Waals surface area contributed by atoms with Crippen LogP contribution in [0.15, 0.2) is 24.3 Å². The van der Waals surface area contributed by atoms with E-state index in [4.69, 9.17) is 11.6 Å². The molecule has 0 bridgehead atoms. The lowest BCUT2D eigenvalue weighted by atomic mass is 10.2. The van der Waals surface area contributed by atoms with Gasteiger partial charge in [0.05, 0.1) is 0 Å². The van der Waals surface area contributed by atoms with E-state index in [1.807, 2.05) is 0 Å². The molecule has 1 amide bonds. The molecular formula is C14H16ClFN4OS.